The number of phenols is 1. The van der Waals surface area contributed by atoms with E-state index >= 15 is 0 Å². The highest BCUT2D eigenvalue weighted by molar-refractivity contribution is 6.46. The predicted octanol–water partition coefficient (Wildman–Crippen LogP) is 3.14. The summed E-state index contributed by atoms with van der Waals surface area (Å²) in [7, 11) is 0. The van der Waals surface area contributed by atoms with Gasteiger partial charge in [-0.05, 0) is 48.0 Å². The summed E-state index contributed by atoms with van der Waals surface area (Å²) in [6, 6.07) is 15.4. The Kier molecular flexibility index (Phi) is 4.74. The molecular formula is C24H18N2O6. The highest BCUT2D eigenvalue weighted by atomic mass is 16.7. The van der Waals surface area contributed by atoms with E-state index in [1.807, 2.05) is 0 Å². The number of aliphatic hydroxyl groups excluding tert-OH is 1. The van der Waals surface area contributed by atoms with Gasteiger partial charge in [0.05, 0.1) is 23.9 Å². The largest absolute Gasteiger partial charge is 0.508 e. The van der Waals surface area contributed by atoms with Crippen molar-refractivity contribution in [1.29, 1.82) is 0 Å². The Bertz CT molecular complexity index is 1250. The van der Waals surface area contributed by atoms with Crippen molar-refractivity contribution in [3.05, 3.63) is 89.3 Å². The molecule has 8 nitrogen and oxygen atoms in total. The minimum Gasteiger partial charge on any atom is -0.508 e. The number of hydrogen-bond donors (Lipinski definition) is 2. The number of benzene rings is 2. The van der Waals surface area contributed by atoms with Gasteiger partial charge in [0.1, 0.15) is 11.5 Å². The van der Waals surface area contributed by atoms with Crippen molar-refractivity contribution in [2.24, 2.45) is 0 Å². The zero-order valence-electron chi connectivity index (χ0n) is 16.8. The number of ketones is 1. The van der Waals surface area contributed by atoms with Crippen LogP contribution in [0.25, 0.3) is 5.76 Å². The number of rotatable bonds is 4. The van der Waals surface area contributed by atoms with Crippen molar-refractivity contribution in [2.75, 3.05) is 6.79 Å². The van der Waals surface area contributed by atoms with Gasteiger partial charge in [-0.3, -0.25) is 14.6 Å². The normalized spacial score (nSPS) is 18.9. The van der Waals surface area contributed by atoms with Crippen molar-refractivity contribution in [1.82, 2.24) is 9.88 Å². The van der Waals surface area contributed by atoms with Gasteiger partial charge in [0.15, 0.2) is 11.5 Å². The molecular weight excluding hydrogens is 412 g/mol. The Morgan fingerprint density at radius 2 is 1.88 bits per heavy atom. The summed E-state index contributed by atoms with van der Waals surface area (Å²) in [5.41, 5.74) is 1.32. The molecule has 0 radical (unpaired) electrons. The Hall–Kier alpha value is -4.33. The first-order valence-corrected chi connectivity index (χ1v) is 9.90. The number of fused-ring (bicyclic) bond motifs is 1. The highest BCUT2D eigenvalue weighted by Crippen LogP contribution is 2.42. The van der Waals surface area contributed by atoms with Crippen LogP contribution in [0.4, 0.5) is 0 Å². The van der Waals surface area contributed by atoms with Gasteiger partial charge >= 0.3 is 0 Å². The van der Waals surface area contributed by atoms with E-state index in [2.05, 4.69) is 4.98 Å². The summed E-state index contributed by atoms with van der Waals surface area (Å²) >= 11 is 0. The molecule has 1 atom stereocenters. The van der Waals surface area contributed by atoms with Gasteiger partial charge in [0.2, 0.25) is 6.79 Å². The maximum absolute atomic E-state index is 13.1. The molecule has 1 amide bonds. The number of nitrogens with zero attached hydrogens (tertiary/aromatic N) is 2. The maximum Gasteiger partial charge on any atom is 0.296 e. The second-order valence-electron chi connectivity index (χ2n) is 7.41. The number of ether oxygens (including phenoxy) is 2. The van der Waals surface area contributed by atoms with Crippen LogP contribution in [0.5, 0.6) is 17.2 Å². The number of phenolic OH excluding ortho intramolecular Hbond substituents is 1. The number of Topliss-reactive ketones (excluding diaryl/α,β-unsaturated/α-hetero) is 1. The van der Waals surface area contributed by atoms with E-state index in [1.165, 1.54) is 17.0 Å². The molecule has 1 saturated heterocycles. The van der Waals surface area contributed by atoms with Gasteiger partial charge in [-0.2, -0.15) is 0 Å². The van der Waals surface area contributed by atoms with E-state index in [0.717, 1.165) is 0 Å². The Balaban J connectivity index is 1.65. The van der Waals surface area contributed by atoms with Crippen LogP contribution < -0.4 is 9.47 Å². The number of aromatic hydroxyl groups is 1. The van der Waals surface area contributed by atoms with Crippen molar-refractivity contribution >= 4 is 17.4 Å². The van der Waals surface area contributed by atoms with Crippen LogP contribution in [-0.4, -0.2) is 38.6 Å². The van der Waals surface area contributed by atoms with Crippen LogP contribution in [0, 0.1) is 0 Å². The molecule has 1 fully saturated rings. The lowest BCUT2D eigenvalue weighted by Crippen LogP contribution is -2.29. The average Bonchev–Trinajstić information content (AvgIpc) is 3.37. The van der Waals surface area contributed by atoms with Gasteiger partial charge in [-0.15, -0.1) is 0 Å². The second kappa shape index (κ2) is 7.73. The fraction of sp³-hybridized carbons (Fsp3) is 0.125. The fourth-order valence-electron chi connectivity index (χ4n) is 3.95. The van der Waals surface area contributed by atoms with Gasteiger partial charge in [-0.25, -0.2) is 0 Å². The Morgan fingerprint density at radius 1 is 1.03 bits per heavy atom. The van der Waals surface area contributed by atoms with Gasteiger partial charge in [-0.1, -0.05) is 18.2 Å². The molecule has 2 aromatic carbocycles. The molecule has 0 saturated carbocycles. The van der Waals surface area contributed by atoms with E-state index in [1.54, 1.807) is 54.7 Å². The zero-order valence-corrected chi connectivity index (χ0v) is 16.8. The molecule has 32 heavy (non-hydrogen) atoms. The minimum absolute atomic E-state index is 0.0194. The van der Waals surface area contributed by atoms with E-state index in [4.69, 9.17) is 9.47 Å². The van der Waals surface area contributed by atoms with Crippen molar-refractivity contribution < 1.29 is 29.3 Å². The van der Waals surface area contributed by atoms with Crippen molar-refractivity contribution in [3.8, 4) is 17.2 Å². The van der Waals surface area contributed by atoms with E-state index in [9.17, 15) is 19.8 Å². The average molecular weight is 430 g/mol. The predicted molar refractivity (Wildman–Crippen MR) is 113 cm³/mol. The summed E-state index contributed by atoms with van der Waals surface area (Å²) in [5.74, 6) is -0.962. The van der Waals surface area contributed by atoms with Crippen LogP contribution in [0.1, 0.15) is 22.9 Å². The first-order chi connectivity index (χ1) is 15.5. The third-order valence-corrected chi connectivity index (χ3v) is 5.43. The first-order valence-electron chi connectivity index (χ1n) is 9.90. The number of amides is 1. The molecule has 3 aromatic rings. The van der Waals surface area contributed by atoms with E-state index in [-0.39, 0.29) is 30.4 Å². The smallest absolute Gasteiger partial charge is 0.296 e. The molecule has 8 heteroatoms. The number of carbonyl (C=O) groups excluding carboxylic acids is 2. The van der Waals surface area contributed by atoms with Crippen LogP contribution in [0.3, 0.4) is 0 Å². The van der Waals surface area contributed by atoms with Gasteiger partial charge < -0.3 is 24.6 Å². The molecule has 5 rings (SSSR count). The molecule has 160 valence electrons. The first kappa shape index (κ1) is 19.6. The number of pyridine rings is 1. The number of likely N-dealkylation sites (tertiary alicyclic amines) is 1. The topological polar surface area (TPSA) is 109 Å². The third kappa shape index (κ3) is 3.31. The lowest BCUT2D eigenvalue weighted by Gasteiger charge is -2.25. The van der Waals surface area contributed by atoms with E-state index in [0.29, 0.717) is 28.3 Å². The summed E-state index contributed by atoms with van der Waals surface area (Å²) in [4.78, 5) is 31.7. The minimum atomic E-state index is -0.908. The molecule has 0 bridgehead atoms. The number of aliphatic hydroxyl groups is 1. The number of aromatic nitrogens is 1. The van der Waals surface area contributed by atoms with Gasteiger partial charge in [0, 0.05) is 11.8 Å². The highest BCUT2D eigenvalue weighted by Gasteiger charge is 2.46. The molecule has 3 heterocycles. The molecule has 1 unspecified atom stereocenters. The van der Waals surface area contributed by atoms with Gasteiger partial charge in [0.25, 0.3) is 11.7 Å². The number of carbonyl (C=O) groups is 2. The van der Waals surface area contributed by atoms with Crippen LogP contribution in [0.15, 0.2) is 72.4 Å². The monoisotopic (exact) mass is 430 g/mol. The SMILES string of the molecule is O=C1C(=O)N(Cc2ccccn2)C(c2cccc(O)c2)/C1=C(/O)c1ccc2c(c1)OCO2. The molecule has 0 spiro atoms. The number of hydrogen-bond acceptors (Lipinski definition) is 7. The van der Waals surface area contributed by atoms with E-state index < -0.39 is 17.7 Å². The molecule has 2 aliphatic rings. The third-order valence-electron chi connectivity index (χ3n) is 5.43. The lowest BCUT2D eigenvalue weighted by molar-refractivity contribution is -0.140. The Labute approximate surface area is 183 Å². The molecule has 0 aliphatic carbocycles. The molecule has 1 aromatic heterocycles. The second-order valence-corrected chi connectivity index (χ2v) is 7.41. The summed E-state index contributed by atoms with van der Waals surface area (Å²) in [6.07, 6.45) is 1.60. The quantitative estimate of drug-likeness (QED) is 0.372. The summed E-state index contributed by atoms with van der Waals surface area (Å²) in [5, 5.41) is 21.1. The Morgan fingerprint density at radius 3 is 2.66 bits per heavy atom. The van der Waals surface area contributed by atoms with Crippen LogP contribution in [-0.2, 0) is 16.1 Å². The maximum atomic E-state index is 13.1. The standard InChI is InChI=1S/C24H18N2O6/c27-17-6-3-4-14(10-17)21-20(22(28)15-7-8-18-19(11-15)32-13-31-18)23(29)24(30)26(21)12-16-5-1-2-9-25-16/h1-11,21,27-28H,12-13H2/b22-20-. The van der Waals surface area contributed by atoms with Crippen molar-refractivity contribution in [3.63, 3.8) is 0 Å². The molecule has 2 N–H and O–H groups in total. The summed E-state index contributed by atoms with van der Waals surface area (Å²) < 4.78 is 10.7. The lowest BCUT2D eigenvalue weighted by atomic mass is 9.95. The summed E-state index contributed by atoms with van der Waals surface area (Å²) in [6.45, 7) is 0.126. The van der Waals surface area contributed by atoms with Crippen molar-refractivity contribution in [2.45, 2.75) is 12.6 Å². The van der Waals surface area contributed by atoms with Crippen LogP contribution >= 0.6 is 0 Å². The zero-order chi connectivity index (χ0) is 22.2. The van der Waals surface area contributed by atoms with Crippen LogP contribution in [0.2, 0.25) is 0 Å². The fourth-order valence-corrected chi connectivity index (χ4v) is 3.95. The molecule has 2 aliphatic heterocycles.